The van der Waals surface area contributed by atoms with Gasteiger partial charge in [0.25, 0.3) is 0 Å². The van der Waals surface area contributed by atoms with Crippen molar-refractivity contribution in [1.82, 2.24) is 4.98 Å². The van der Waals surface area contributed by atoms with E-state index in [0.717, 1.165) is 0 Å². The topological polar surface area (TPSA) is 118 Å². The smallest absolute Gasteiger partial charge is 0.334 e. The van der Waals surface area contributed by atoms with Gasteiger partial charge in [0, 0.05) is 19.4 Å². The molecule has 10 nitrogen and oxygen atoms in total. The Morgan fingerprint density at radius 2 is 1.93 bits per heavy atom. The van der Waals surface area contributed by atoms with Crippen LogP contribution in [0.5, 0.6) is 11.5 Å². The molecule has 0 aromatic carbocycles. The fourth-order valence-electron chi connectivity index (χ4n) is 2.25. The largest absolute Gasteiger partial charge is 0.503 e. The van der Waals surface area contributed by atoms with Crippen LogP contribution in [0, 0.1) is 0 Å². The van der Waals surface area contributed by atoms with Crippen molar-refractivity contribution in [2.45, 2.75) is 13.0 Å². The lowest BCUT2D eigenvalue weighted by atomic mass is 10.3. The number of carbonyl (C=O) groups is 1. The zero-order chi connectivity index (χ0) is 20.2. The number of carbonyl (C=O) groups excluding carboxylic acids is 1. The van der Waals surface area contributed by atoms with Crippen LogP contribution in [0.4, 0.5) is 0 Å². The summed E-state index contributed by atoms with van der Waals surface area (Å²) in [6, 6.07) is 0.755. The van der Waals surface area contributed by atoms with Gasteiger partial charge in [-0.25, -0.2) is 14.8 Å². The summed E-state index contributed by atoms with van der Waals surface area (Å²) in [4.78, 5) is 19.9. The summed E-state index contributed by atoms with van der Waals surface area (Å²) < 4.78 is 31.3. The molecule has 0 aliphatic carbocycles. The van der Waals surface area contributed by atoms with Crippen LogP contribution < -0.4 is 4.74 Å². The van der Waals surface area contributed by atoms with Crippen molar-refractivity contribution < 1.29 is 38.3 Å². The molecule has 0 spiro atoms. The summed E-state index contributed by atoms with van der Waals surface area (Å²) in [6.07, 6.45) is 1.46. The van der Waals surface area contributed by atoms with Gasteiger partial charge in [0.1, 0.15) is 13.2 Å². The third kappa shape index (κ3) is 6.63. The summed E-state index contributed by atoms with van der Waals surface area (Å²) in [5.41, 5.74) is 0.108. The number of rotatable bonds is 13. The van der Waals surface area contributed by atoms with Gasteiger partial charge in [-0.15, -0.1) is 0 Å². The minimum atomic E-state index is -0.764. The molecular weight excluding hydrogens is 372 g/mol. The van der Waals surface area contributed by atoms with E-state index in [1.165, 1.54) is 12.3 Å². The summed E-state index contributed by atoms with van der Waals surface area (Å²) in [7, 11) is 1.61. The lowest BCUT2D eigenvalue weighted by molar-refractivity contribution is -0.144. The maximum absolute atomic E-state index is 11.7. The highest BCUT2D eigenvalue weighted by molar-refractivity contribution is 5.98. The number of aromatic nitrogens is 1. The number of pyridine rings is 1. The van der Waals surface area contributed by atoms with E-state index in [-0.39, 0.29) is 42.9 Å². The molecule has 1 atom stereocenters. The molecule has 0 saturated heterocycles. The summed E-state index contributed by atoms with van der Waals surface area (Å²) >= 11 is 0. The lowest BCUT2D eigenvalue weighted by Crippen LogP contribution is -2.22. The Hall–Kier alpha value is -2.43. The van der Waals surface area contributed by atoms with Crippen LogP contribution in [0.3, 0.4) is 0 Å². The number of esters is 1. The average molecular weight is 398 g/mol. The van der Waals surface area contributed by atoms with Gasteiger partial charge in [-0.1, -0.05) is 0 Å². The van der Waals surface area contributed by atoms with E-state index in [1.807, 2.05) is 0 Å². The summed E-state index contributed by atoms with van der Waals surface area (Å²) in [5, 5.41) is 10.4. The second-order valence-corrected chi connectivity index (χ2v) is 5.59. The number of hydrogen-bond donors (Lipinski definition) is 1. The van der Waals surface area contributed by atoms with E-state index in [1.54, 1.807) is 14.0 Å². The molecule has 10 heteroatoms. The maximum atomic E-state index is 11.7. The van der Waals surface area contributed by atoms with Crippen LogP contribution in [0.25, 0.3) is 0 Å². The van der Waals surface area contributed by atoms with Gasteiger partial charge in [0.05, 0.1) is 39.6 Å². The monoisotopic (exact) mass is 398 g/mol. The zero-order valence-corrected chi connectivity index (χ0v) is 16.1. The van der Waals surface area contributed by atoms with E-state index >= 15 is 0 Å². The Labute approximate surface area is 163 Å². The summed E-state index contributed by atoms with van der Waals surface area (Å²) in [5.74, 6) is -0.400. The van der Waals surface area contributed by atoms with Crippen molar-refractivity contribution in [3.8, 4) is 11.5 Å². The number of nitrogens with zero attached hydrogens (tertiary/aromatic N) is 2. The first-order valence-electron chi connectivity index (χ1n) is 9.00. The van der Waals surface area contributed by atoms with E-state index in [0.29, 0.717) is 33.0 Å². The Bertz CT molecular complexity index is 652. The van der Waals surface area contributed by atoms with Gasteiger partial charge in [-0.05, 0) is 6.92 Å². The Balaban J connectivity index is 1.80. The standard InChI is InChI=1S/C18H26N2O8/c1-3-26-18(22)13-12-28-17(20-13)15-16(21)14(4-5-19-15)27-11-10-25-9-8-24-7-6-23-2/h4-5,13,21H,3,6-12H2,1-2H3/t13-/m1/s1. The number of ether oxygens (including phenoxy) is 6. The molecule has 0 fully saturated rings. The average Bonchev–Trinajstić information content (AvgIpc) is 3.18. The Kier molecular flexibility index (Phi) is 9.46. The number of aliphatic imine (C=N–C) groups is 1. The molecule has 0 radical (unpaired) electrons. The van der Waals surface area contributed by atoms with Crippen molar-refractivity contribution in [3.63, 3.8) is 0 Å². The maximum Gasteiger partial charge on any atom is 0.334 e. The first-order chi connectivity index (χ1) is 13.7. The molecule has 0 saturated carbocycles. The van der Waals surface area contributed by atoms with Crippen LogP contribution in [0.2, 0.25) is 0 Å². The first-order valence-corrected chi connectivity index (χ1v) is 9.00. The molecule has 28 heavy (non-hydrogen) atoms. The van der Waals surface area contributed by atoms with Crippen molar-refractivity contribution >= 4 is 11.9 Å². The molecule has 1 N–H and O–H groups in total. The number of aromatic hydroxyl groups is 1. The molecule has 0 bridgehead atoms. The Morgan fingerprint density at radius 1 is 1.21 bits per heavy atom. The van der Waals surface area contributed by atoms with Crippen LogP contribution >= 0.6 is 0 Å². The molecule has 1 aliphatic heterocycles. The predicted molar refractivity (Wildman–Crippen MR) is 97.8 cm³/mol. The van der Waals surface area contributed by atoms with Crippen molar-refractivity contribution in [2.75, 3.05) is 60.0 Å². The van der Waals surface area contributed by atoms with Crippen LogP contribution in [-0.2, 0) is 28.5 Å². The highest BCUT2D eigenvalue weighted by Crippen LogP contribution is 2.30. The van der Waals surface area contributed by atoms with Crippen LogP contribution in [-0.4, -0.2) is 88.0 Å². The summed E-state index contributed by atoms with van der Waals surface area (Å²) in [6.45, 7) is 4.53. The second kappa shape index (κ2) is 12.1. The molecule has 1 aromatic rings. The predicted octanol–water partition coefficient (Wildman–Crippen LogP) is 0.554. The molecule has 156 valence electrons. The van der Waals surface area contributed by atoms with E-state index < -0.39 is 12.0 Å². The fraction of sp³-hybridized carbons (Fsp3) is 0.611. The van der Waals surface area contributed by atoms with E-state index in [4.69, 9.17) is 28.4 Å². The molecule has 0 amide bonds. The zero-order valence-electron chi connectivity index (χ0n) is 16.1. The van der Waals surface area contributed by atoms with Crippen molar-refractivity contribution in [3.05, 3.63) is 18.0 Å². The number of methoxy groups -OCH3 is 1. The molecular formula is C18H26N2O8. The minimum Gasteiger partial charge on any atom is -0.503 e. The minimum absolute atomic E-state index is 0.0423. The van der Waals surface area contributed by atoms with Crippen molar-refractivity contribution in [1.29, 1.82) is 0 Å². The Morgan fingerprint density at radius 3 is 2.64 bits per heavy atom. The number of hydrogen-bond acceptors (Lipinski definition) is 10. The lowest BCUT2D eigenvalue weighted by Gasteiger charge is -2.11. The normalized spacial score (nSPS) is 15.8. The van der Waals surface area contributed by atoms with Gasteiger partial charge < -0.3 is 33.5 Å². The highest BCUT2D eigenvalue weighted by atomic mass is 16.6. The fourth-order valence-corrected chi connectivity index (χ4v) is 2.25. The van der Waals surface area contributed by atoms with E-state index in [2.05, 4.69) is 9.98 Å². The van der Waals surface area contributed by atoms with E-state index in [9.17, 15) is 9.90 Å². The van der Waals surface area contributed by atoms with Gasteiger partial charge in [-0.3, -0.25) is 0 Å². The highest BCUT2D eigenvalue weighted by Gasteiger charge is 2.30. The molecule has 0 unspecified atom stereocenters. The second-order valence-electron chi connectivity index (χ2n) is 5.59. The quantitative estimate of drug-likeness (QED) is 0.375. The van der Waals surface area contributed by atoms with Gasteiger partial charge >= 0.3 is 5.97 Å². The van der Waals surface area contributed by atoms with Gasteiger partial charge in [-0.2, -0.15) is 0 Å². The molecule has 1 aliphatic rings. The SMILES string of the molecule is CCOC(=O)[C@H]1COC(c2nccc(OCCOCCOCCOC)c2O)=N1. The van der Waals surface area contributed by atoms with Crippen molar-refractivity contribution in [2.24, 2.45) is 4.99 Å². The van der Waals surface area contributed by atoms with Crippen LogP contribution in [0.15, 0.2) is 17.3 Å². The first kappa shape index (κ1) is 21.9. The molecule has 2 rings (SSSR count). The molecule has 1 aromatic heterocycles. The third-order valence-corrected chi connectivity index (χ3v) is 3.59. The third-order valence-electron chi connectivity index (χ3n) is 3.59. The van der Waals surface area contributed by atoms with Gasteiger partial charge in [0.15, 0.2) is 23.2 Å². The van der Waals surface area contributed by atoms with Crippen LogP contribution in [0.1, 0.15) is 12.6 Å². The van der Waals surface area contributed by atoms with Gasteiger partial charge in [0.2, 0.25) is 5.90 Å². The molecule has 2 heterocycles.